The van der Waals surface area contributed by atoms with Crippen LogP contribution in [0, 0.1) is 5.92 Å². The molecule has 1 amide bonds. The lowest BCUT2D eigenvalue weighted by Crippen LogP contribution is -2.65. The highest BCUT2D eigenvalue weighted by Crippen LogP contribution is 2.39. The SMILES string of the molecule is NC12CCC(CC1)CN2C(=O)O. The molecule has 3 rings (SSSR count). The molecule has 2 heterocycles. The number of carboxylic acid groups (broad SMARTS) is 1. The van der Waals surface area contributed by atoms with E-state index in [1.807, 2.05) is 0 Å². The average Bonchev–Trinajstić information content (AvgIpc) is 2.04. The van der Waals surface area contributed by atoms with Crippen molar-refractivity contribution in [1.29, 1.82) is 0 Å². The van der Waals surface area contributed by atoms with E-state index < -0.39 is 11.8 Å². The van der Waals surface area contributed by atoms with Gasteiger partial charge in [0.2, 0.25) is 0 Å². The van der Waals surface area contributed by atoms with Gasteiger partial charge in [-0.05, 0) is 31.6 Å². The fourth-order valence-corrected chi connectivity index (χ4v) is 2.34. The predicted octanol–water partition coefficient (Wildman–Crippen LogP) is 0.825. The Morgan fingerprint density at radius 3 is 2.42 bits per heavy atom. The molecular weight excluding hydrogens is 156 g/mol. The maximum absolute atomic E-state index is 10.8. The second kappa shape index (κ2) is 2.36. The monoisotopic (exact) mass is 170 g/mol. The third-order valence-electron chi connectivity index (χ3n) is 3.18. The normalized spacial score (nSPS) is 40.1. The lowest BCUT2D eigenvalue weighted by molar-refractivity contribution is -0.0166. The smallest absolute Gasteiger partial charge is 0.408 e. The molecule has 0 aromatic carbocycles. The Morgan fingerprint density at radius 1 is 1.50 bits per heavy atom. The summed E-state index contributed by atoms with van der Waals surface area (Å²) in [5.74, 6) is 0.562. The van der Waals surface area contributed by atoms with Crippen LogP contribution < -0.4 is 5.73 Å². The van der Waals surface area contributed by atoms with E-state index in [1.165, 1.54) is 4.90 Å². The number of piperidine rings is 2. The molecule has 2 saturated heterocycles. The molecule has 3 aliphatic rings. The van der Waals surface area contributed by atoms with Crippen molar-refractivity contribution in [2.24, 2.45) is 11.7 Å². The standard InChI is InChI=1S/C8H14N2O2/c9-8-3-1-6(2-4-8)5-10(8)7(11)12/h6H,1-5,9H2,(H,11,12). The Hall–Kier alpha value is -0.770. The Balaban J connectivity index is 2.20. The summed E-state index contributed by atoms with van der Waals surface area (Å²) >= 11 is 0. The minimum Gasteiger partial charge on any atom is -0.465 e. The highest BCUT2D eigenvalue weighted by atomic mass is 16.4. The molecule has 2 bridgehead atoms. The van der Waals surface area contributed by atoms with Crippen molar-refractivity contribution >= 4 is 6.09 Å². The average molecular weight is 170 g/mol. The summed E-state index contributed by atoms with van der Waals surface area (Å²) in [6.45, 7) is 0.645. The summed E-state index contributed by atoms with van der Waals surface area (Å²) in [7, 11) is 0. The lowest BCUT2D eigenvalue weighted by atomic mass is 9.76. The first-order chi connectivity index (χ1) is 5.62. The van der Waals surface area contributed by atoms with Gasteiger partial charge < -0.3 is 10.8 Å². The molecule has 12 heavy (non-hydrogen) atoms. The summed E-state index contributed by atoms with van der Waals surface area (Å²) < 4.78 is 0. The lowest BCUT2D eigenvalue weighted by Gasteiger charge is -2.51. The van der Waals surface area contributed by atoms with Crippen molar-refractivity contribution in [3.05, 3.63) is 0 Å². The Kier molecular flexibility index (Phi) is 1.54. The molecule has 0 atom stereocenters. The zero-order chi connectivity index (χ0) is 8.77. The largest absolute Gasteiger partial charge is 0.465 e. The van der Waals surface area contributed by atoms with Gasteiger partial charge in [-0.15, -0.1) is 0 Å². The van der Waals surface area contributed by atoms with Gasteiger partial charge in [0.1, 0.15) is 0 Å². The summed E-state index contributed by atoms with van der Waals surface area (Å²) in [5.41, 5.74) is 5.45. The number of amides is 1. The van der Waals surface area contributed by atoms with E-state index in [4.69, 9.17) is 10.8 Å². The maximum atomic E-state index is 10.8. The van der Waals surface area contributed by atoms with Gasteiger partial charge in [-0.25, -0.2) is 4.79 Å². The molecule has 2 aliphatic heterocycles. The topological polar surface area (TPSA) is 66.6 Å². The summed E-state index contributed by atoms with van der Waals surface area (Å²) in [4.78, 5) is 12.2. The van der Waals surface area contributed by atoms with Crippen molar-refractivity contribution in [3.8, 4) is 0 Å². The van der Waals surface area contributed by atoms with E-state index in [0.29, 0.717) is 12.5 Å². The third kappa shape index (κ3) is 0.982. The first-order valence-electron chi connectivity index (χ1n) is 4.41. The van der Waals surface area contributed by atoms with Crippen molar-refractivity contribution < 1.29 is 9.90 Å². The van der Waals surface area contributed by atoms with E-state index in [1.54, 1.807) is 0 Å². The molecule has 68 valence electrons. The van der Waals surface area contributed by atoms with Gasteiger partial charge in [0.05, 0.1) is 5.66 Å². The number of hydrogen-bond acceptors (Lipinski definition) is 2. The van der Waals surface area contributed by atoms with Gasteiger partial charge in [0.15, 0.2) is 0 Å². The highest BCUT2D eigenvalue weighted by molar-refractivity contribution is 5.66. The van der Waals surface area contributed by atoms with Crippen LogP contribution in [0.25, 0.3) is 0 Å². The third-order valence-corrected chi connectivity index (χ3v) is 3.18. The van der Waals surface area contributed by atoms with Crippen molar-refractivity contribution in [3.63, 3.8) is 0 Å². The summed E-state index contributed by atoms with van der Waals surface area (Å²) in [6.07, 6.45) is 3.01. The minimum atomic E-state index is -0.859. The molecule has 0 spiro atoms. The maximum Gasteiger partial charge on any atom is 0.408 e. The van der Waals surface area contributed by atoms with Gasteiger partial charge in [0, 0.05) is 6.54 Å². The molecule has 3 N–H and O–H groups in total. The molecule has 0 aromatic rings. The van der Waals surface area contributed by atoms with Crippen molar-refractivity contribution in [2.75, 3.05) is 6.54 Å². The van der Waals surface area contributed by atoms with Crippen molar-refractivity contribution in [1.82, 2.24) is 4.90 Å². The van der Waals surface area contributed by atoms with Gasteiger partial charge >= 0.3 is 6.09 Å². The number of rotatable bonds is 0. The molecular formula is C8H14N2O2. The van der Waals surface area contributed by atoms with Crippen LogP contribution in [0.2, 0.25) is 0 Å². The van der Waals surface area contributed by atoms with Crippen LogP contribution in [0.3, 0.4) is 0 Å². The molecule has 3 fully saturated rings. The fourth-order valence-electron chi connectivity index (χ4n) is 2.34. The van der Waals surface area contributed by atoms with E-state index in [0.717, 1.165) is 25.7 Å². The molecule has 1 saturated carbocycles. The molecule has 0 unspecified atom stereocenters. The van der Waals surface area contributed by atoms with E-state index in [-0.39, 0.29) is 0 Å². The number of fused-ring (bicyclic) bond motifs is 3. The van der Waals surface area contributed by atoms with E-state index in [2.05, 4.69) is 0 Å². The summed E-state index contributed by atoms with van der Waals surface area (Å²) in [6, 6.07) is 0. The molecule has 4 nitrogen and oxygen atoms in total. The molecule has 1 aliphatic carbocycles. The van der Waals surface area contributed by atoms with Crippen LogP contribution in [0.1, 0.15) is 25.7 Å². The Labute approximate surface area is 71.3 Å². The molecule has 0 radical (unpaired) electrons. The zero-order valence-electron chi connectivity index (χ0n) is 6.99. The number of nitrogens with zero attached hydrogens (tertiary/aromatic N) is 1. The second-order valence-electron chi connectivity index (χ2n) is 3.94. The first-order valence-corrected chi connectivity index (χ1v) is 4.41. The van der Waals surface area contributed by atoms with Gasteiger partial charge in [-0.3, -0.25) is 4.90 Å². The number of carbonyl (C=O) groups is 1. The first kappa shape index (κ1) is 7.86. The van der Waals surface area contributed by atoms with Gasteiger partial charge in [-0.1, -0.05) is 0 Å². The van der Waals surface area contributed by atoms with Crippen LogP contribution in [0.5, 0.6) is 0 Å². The highest BCUT2D eigenvalue weighted by Gasteiger charge is 2.45. The molecule has 0 aromatic heterocycles. The quantitative estimate of drug-likeness (QED) is 0.565. The number of nitrogens with two attached hydrogens (primary N) is 1. The minimum absolute atomic E-state index is 0.541. The Bertz CT molecular complexity index is 209. The van der Waals surface area contributed by atoms with Gasteiger partial charge in [-0.2, -0.15) is 0 Å². The van der Waals surface area contributed by atoms with Crippen molar-refractivity contribution in [2.45, 2.75) is 31.3 Å². The second-order valence-corrected chi connectivity index (χ2v) is 3.94. The zero-order valence-corrected chi connectivity index (χ0v) is 6.99. The van der Waals surface area contributed by atoms with Crippen LogP contribution >= 0.6 is 0 Å². The van der Waals surface area contributed by atoms with Gasteiger partial charge in [0.25, 0.3) is 0 Å². The molecule has 4 heteroatoms. The predicted molar refractivity (Wildman–Crippen MR) is 43.6 cm³/mol. The van der Waals surface area contributed by atoms with Crippen LogP contribution in [-0.4, -0.2) is 28.3 Å². The number of hydrogen-bond donors (Lipinski definition) is 2. The van der Waals surface area contributed by atoms with E-state index >= 15 is 0 Å². The van der Waals surface area contributed by atoms with Crippen LogP contribution in [-0.2, 0) is 0 Å². The Morgan fingerprint density at radius 2 is 2.08 bits per heavy atom. The van der Waals surface area contributed by atoms with E-state index in [9.17, 15) is 4.79 Å². The van der Waals surface area contributed by atoms with Crippen LogP contribution in [0.15, 0.2) is 0 Å². The summed E-state index contributed by atoms with van der Waals surface area (Å²) in [5, 5.41) is 8.87. The van der Waals surface area contributed by atoms with Crippen LogP contribution in [0.4, 0.5) is 4.79 Å². The fraction of sp³-hybridized carbons (Fsp3) is 0.875.